The van der Waals surface area contributed by atoms with Crippen LogP contribution in [-0.2, 0) is 0 Å². The Morgan fingerprint density at radius 3 is 1.90 bits per heavy atom. The van der Waals surface area contributed by atoms with Crippen molar-refractivity contribution in [2.75, 3.05) is 0 Å². The van der Waals surface area contributed by atoms with Gasteiger partial charge in [-0.15, -0.1) is 0 Å². The van der Waals surface area contributed by atoms with Crippen LogP contribution in [0.5, 0.6) is 0 Å². The van der Waals surface area contributed by atoms with Crippen molar-refractivity contribution in [3.05, 3.63) is 72.6 Å². The summed E-state index contributed by atoms with van der Waals surface area (Å²) in [7, 11) is 0. The highest BCUT2D eigenvalue weighted by Crippen LogP contribution is 2.31. The summed E-state index contributed by atoms with van der Waals surface area (Å²) < 4.78 is 2.27. The van der Waals surface area contributed by atoms with Gasteiger partial charge in [-0.3, -0.25) is 4.98 Å². The molecule has 0 aliphatic carbocycles. The fourth-order valence-electron chi connectivity index (χ4n) is 2.79. The molecule has 96 valence electrons. The van der Waals surface area contributed by atoms with Gasteiger partial charge in [0.05, 0.1) is 22.9 Å². The molecule has 0 saturated heterocycles. The summed E-state index contributed by atoms with van der Waals surface area (Å²) in [6.07, 6.45) is 1.94. The molecule has 2 aromatic carbocycles. The number of hydrogen-bond acceptors (Lipinski definition) is 1. The lowest BCUT2D eigenvalue weighted by molar-refractivity contribution is 1.11. The van der Waals surface area contributed by atoms with Gasteiger partial charge >= 0.3 is 0 Å². The normalized spacial score (nSPS) is 11.2. The van der Waals surface area contributed by atoms with Gasteiger partial charge in [-0.25, -0.2) is 0 Å². The third-order valence-electron chi connectivity index (χ3n) is 3.73. The van der Waals surface area contributed by atoms with Gasteiger partial charge < -0.3 is 4.57 Å². The molecule has 0 aliphatic rings. The highest BCUT2D eigenvalue weighted by molar-refractivity contribution is 6.09. The fourth-order valence-corrected chi connectivity index (χ4v) is 2.79. The first-order valence-electron chi connectivity index (χ1n) is 6.76. The highest BCUT2D eigenvalue weighted by atomic mass is 15.0. The molecule has 20 heavy (non-hydrogen) atoms. The van der Waals surface area contributed by atoms with Gasteiger partial charge in [0.15, 0.2) is 0 Å². The molecule has 0 aliphatic heterocycles. The second-order valence-electron chi connectivity index (χ2n) is 5.03. The average molecular weight is 258 g/mol. The van der Waals surface area contributed by atoms with Gasteiger partial charge in [0.1, 0.15) is 0 Å². The Hall–Kier alpha value is -2.61. The summed E-state index contributed by atoms with van der Waals surface area (Å²) in [6, 6.07) is 21.2. The van der Waals surface area contributed by atoms with Crippen LogP contribution in [0.15, 0.2) is 66.9 Å². The van der Waals surface area contributed by atoms with Gasteiger partial charge in [-0.1, -0.05) is 36.4 Å². The van der Waals surface area contributed by atoms with Crippen LogP contribution in [0.1, 0.15) is 5.69 Å². The number of nitrogens with zero attached hydrogens (tertiary/aromatic N) is 2. The van der Waals surface area contributed by atoms with E-state index in [1.54, 1.807) is 0 Å². The van der Waals surface area contributed by atoms with Crippen molar-refractivity contribution in [2.45, 2.75) is 6.92 Å². The second kappa shape index (κ2) is 4.20. The molecule has 0 N–H and O–H groups in total. The zero-order valence-electron chi connectivity index (χ0n) is 11.2. The molecule has 2 nitrogen and oxygen atoms in total. The zero-order chi connectivity index (χ0) is 13.5. The summed E-state index contributed by atoms with van der Waals surface area (Å²) in [5.74, 6) is 0. The Morgan fingerprint density at radius 1 is 0.750 bits per heavy atom. The van der Waals surface area contributed by atoms with Crippen molar-refractivity contribution in [2.24, 2.45) is 0 Å². The van der Waals surface area contributed by atoms with E-state index in [-0.39, 0.29) is 0 Å². The third kappa shape index (κ3) is 1.55. The lowest BCUT2D eigenvalue weighted by atomic mass is 10.2. The number of fused-ring (bicyclic) bond motifs is 3. The Kier molecular flexibility index (Phi) is 2.36. The van der Waals surface area contributed by atoms with Crippen molar-refractivity contribution in [3.8, 4) is 5.69 Å². The van der Waals surface area contributed by atoms with Gasteiger partial charge in [-0.05, 0) is 31.2 Å². The standard InChI is InChI=1S/C18H14N2/c1-13-10-11-14(12-19-13)20-17-8-4-2-6-15(17)16-7-3-5-9-18(16)20/h2-12H,1H3. The molecule has 0 fully saturated rings. The monoisotopic (exact) mass is 258 g/mol. The van der Waals surface area contributed by atoms with Crippen molar-refractivity contribution in [3.63, 3.8) is 0 Å². The van der Waals surface area contributed by atoms with Crippen LogP contribution in [0.25, 0.3) is 27.5 Å². The second-order valence-corrected chi connectivity index (χ2v) is 5.03. The van der Waals surface area contributed by atoms with Gasteiger partial charge in [0.25, 0.3) is 0 Å². The maximum Gasteiger partial charge on any atom is 0.0645 e. The van der Waals surface area contributed by atoms with E-state index < -0.39 is 0 Å². The van der Waals surface area contributed by atoms with Crippen molar-refractivity contribution in [1.82, 2.24) is 9.55 Å². The minimum absolute atomic E-state index is 1.04. The van der Waals surface area contributed by atoms with Gasteiger partial charge in [0.2, 0.25) is 0 Å². The van der Waals surface area contributed by atoms with E-state index in [9.17, 15) is 0 Å². The molecule has 0 radical (unpaired) electrons. The molecular weight excluding hydrogens is 244 g/mol. The maximum atomic E-state index is 4.43. The maximum absolute atomic E-state index is 4.43. The quantitative estimate of drug-likeness (QED) is 0.492. The van der Waals surface area contributed by atoms with Gasteiger partial charge in [0, 0.05) is 16.5 Å². The van der Waals surface area contributed by atoms with E-state index in [0.29, 0.717) is 0 Å². The summed E-state index contributed by atoms with van der Waals surface area (Å²) >= 11 is 0. The molecule has 2 heterocycles. The SMILES string of the molecule is Cc1ccc(-n2c3ccccc3c3ccccc32)cn1. The molecule has 0 bridgehead atoms. The Labute approximate surface area is 117 Å². The summed E-state index contributed by atoms with van der Waals surface area (Å²) in [5.41, 5.74) is 4.58. The lowest BCUT2D eigenvalue weighted by Crippen LogP contribution is -1.94. The minimum atomic E-state index is 1.04. The van der Waals surface area contributed by atoms with E-state index >= 15 is 0 Å². The van der Waals surface area contributed by atoms with E-state index in [4.69, 9.17) is 0 Å². The molecule has 4 aromatic rings. The molecular formula is C18H14N2. The molecule has 0 spiro atoms. The first kappa shape index (κ1) is 11.2. The van der Waals surface area contributed by atoms with Gasteiger partial charge in [-0.2, -0.15) is 0 Å². The van der Waals surface area contributed by atoms with E-state index in [1.807, 2.05) is 13.1 Å². The molecule has 2 heteroatoms. The Bertz CT molecular complexity index is 848. The predicted octanol–water partition coefficient (Wildman–Crippen LogP) is 4.49. The van der Waals surface area contributed by atoms with Crippen molar-refractivity contribution < 1.29 is 0 Å². The topological polar surface area (TPSA) is 17.8 Å². The van der Waals surface area contributed by atoms with Crippen LogP contribution < -0.4 is 0 Å². The van der Waals surface area contributed by atoms with Crippen LogP contribution in [0.2, 0.25) is 0 Å². The van der Waals surface area contributed by atoms with Crippen molar-refractivity contribution in [1.29, 1.82) is 0 Å². The summed E-state index contributed by atoms with van der Waals surface area (Å²) in [5, 5.41) is 2.56. The predicted molar refractivity (Wildman–Crippen MR) is 83.3 cm³/mol. The molecule has 0 atom stereocenters. The third-order valence-corrected chi connectivity index (χ3v) is 3.73. The van der Waals surface area contributed by atoms with Crippen LogP contribution in [-0.4, -0.2) is 9.55 Å². The largest absolute Gasteiger partial charge is 0.308 e. The Morgan fingerprint density at radius 2 is 1.35 bits per heavy atom. The van der Waals surface area contributed by atoms with Crippen LogP contribution in [0.3, 0.4) is 0 Å². The van der Waals surface area contributed by atoms with E-state index in [2.05, 4.69) is 70.2 Å². The first-order chi connectivity index (χ1) is 9.84. The molecule has 2 aromatic heterocycles. The van der Waals surface area contributed by atoms with E-state index in [1.165, 1.54) is 21.8 Å². The summed E-state index contributed by atoms with van der Waals surface area (Å²) in [6.45, 7) is 2.01. The number of aromatic nitrogens is 2. The number of para-hydroxylation sites is 2. The van der Waals surface area contributed by atoms with Crippen LogP contribution in [0, 0.1) is 6.92 Å². The fraction of sp³-hybridized carbons (Fsp3) is 0.0556. The number of hydrogen-bond donors (Lipinski definition) is 0. The molecule has 4 rings (SSSR count). The lowest BCUT2D eigenvalue weighted by Gasteiger charge is -2.07. The smallest absolute Gasteiger partial charge is 0.0645 e. The van der Waals surface area contributed by atoms with Crippen molar-refractivity contribution >= 4 is 21.8 Å². The van der Waals surface area contributed by atoms with Crippen LogP contribution >= 0.6 is 0 Å². The summed E-state index contributed by atoms with van der Waals surface area (Å²) in [4.78, 5) is 4.43. The first-order valence-corrected chi connectivity index (χ1v) is 6.76. The minimum Gasteiger partial charge on any atom is -0.308 e. The zero-order valence-corrected chi connectivity index (χ0v) is 11.2. The average Bonchev–Trinajstić information content (AvgIpc) is 2.83. The number of aryl methyl sites for hydroxylation is 1. The number of rotatable bonds is 1. The van der Waals surface area contributed by atoms with E-state index in [0.717, 1.165) is 11.4 Å². The highest BCUT2D eigenvalue weighted by Gasteiger charge is 2.10. The Balaban J connectivity index is 2.17. The van der Waals surface area contributed by atoms with Crippen LogP contribution in [0.4, 0.5) is 0 Å². The number of benzene rings is 2. The molecule has 0 amide bonds. The number of pyridine rings is 1. The molecule has 0 saturated carbocycles. The molecule has 0 unspecified atom stereocenters.